The summed E-state index contributed by atoms with van der Waals surface area (Å²) in [7, 11) is 0. The van der Waals surface area contributed by atoms with Gasteiger partial charge in [0.25, 0.3) is 0 Å². The maximum atomic E-state index is 13.6. The number of benzene rings is 6. The number of aliphatic hydroxyl groups excluding tert-OH is 2. The number of halogens is 2. The monoisotopic (exact) mass is 1270 g/mol. The summed E-state index contributed by atoms with van der Waals surface area (Å²) in [6, 6.07) is 46.0. The lowest BCUT2D eigenvalue weighted by atomic mass is 9.69. The third-order valence-electron chi connectivity index (χ3n) is 20.9. The van der Waals surface area contributed by atoms with Crippen molar-refractivity contribution in [1.29, 1.82) is 0 Å². The summed E-state index contributed by atoms with van der Waals surface area (Å²) in [6.07, 6.45) is 37.0. The fraction of sp³-hybridized carbons (Fsp3) is 0.450. The zero-order chi connectivity index (χ0) is 59.4. The smallest absolute Gasteiger partial charge is 0.159 e. The number of aliphatic hydroxyl groups is 2. The van der Waals surface area contributed by atoms with Crippen molar-refractivity contribution < 1.29 is 10.2 Å². The van der Waals surface area contributed by atoms with E-state index < -0.39 is 12.5 Å². The molecule has 4 nitrogen and oxygen atoms in total. The van der Waals surface area contributed by atoms with Gasteiger partial charge in [0, 0.05) is 65.6 Å². The van der Waals surface area contributed by atoms with Crippen LogP contribution in [0.2, 0.25) is 0 Å². The van der Waals surface area contributed by atoms with Gasteiger partial charge in [-0.3, -0.25) is 0 Å². The molecule has 6 aromatic carbocycles. The molecule has 2 N–H and O–H groups in total. The summed E-state index contributed by atoms with van der Waals surface area (Å²) in [6.45, 7) is 9.26. The minimum atomic E-state index is -1.03. The van der Waals surface area contributed by atoms with Crippen LogP contribution in [0, 0.1) is 0 Å². The summed E-state index contributed by atoms with van der Waals surface area (Å²) < 4.78 is 2.28. The molecule has 0 spiro atoms. The second-order valence-electron chi connectivity index (χ2n) is 26.4. The van der Waals surface area contributed by atoms with Gasteiger partial charge in [-0.25, -0.2) is 0 Å². The Morgan fingerprint density at radius 3 is 0.988 bits per heavy atom. The van der Waals surface area contributed by atoms with Crippen LogP contribution in [0.4, 0.5) is 0 Å². The highest BCUT2D eigenvalue weighted by Crippen LogP contribution is 2.63. The van der Waals surface area contributed by atoms with Crippen molar-refractivity contribution in [2.24, 2.45) is 0 Å². The summed E-state index contributed by atoms with van der Waals surface area (Å²) in [5.41, 5.74) is 23.2. The summed E-state index contributed by atoms with van der Waals surface area (Å²) in [5.74, 6) is 0. The summed E-state index contributed by atoms with van der Waals surface area (Å²) in [5, 5.41) is 27.2. The average Bonchev–Trinajstić information content (AvgIpc) is 1.54. The van der Waals surface area contributed by atoms with Crippen molar-refractivity contribution in [3.05, 3.63) is 209 Å². The number of nitrogens with zero attached hydrogens (tertiary/aromatic N) is 2. The number of unbranched alkanes of at least 4 members (excludes halogenated alkanes) is 20. The van der Waals surface area contributed by atoms with Crippen LogP contribution >= 0.6 is 31.9 Å². The summed E-state index contributed by atoms with van der Waals surface area (Å²) >= 11 is 8.02. The van der Waals surface area contributed by atoms with Crippen LogP contribution in [0.15, 0.2) is 154 Å². The lowest BCUT2D eigenvalue weighted by Gasteiger charge is -2.37. The van der Waals surface area contributed by atoms with Gasteiger partial charge in [0.05, 0.1) is 11.4 Å². The molecule has 4 heterocycles. The van der Waals surface area contributed by atoms with E-state index in [-0.39, 0.29) is 10.8 Å². The van der Waals surface area contributed by atoms with Crippen LogP contribution in [0.3, 0.4) is 0 Å². The molecule has 86 heavy (non-hydrogen) atoms. The molecule has 12 rings (SSSR count). The Morgan fingerprint density at radius 2 is 0.651 bits per heavy atom. The normalized spacial score (nSPS) is 17.9. The van der Waals surface area contributed by atoms with Gasteiger partial charge in [-0.15, -0.1) is 0 Å². The molecule has 0 fully saturated rings. The van der Waals surface area contributed by atoms with E-state index in [1.807, 2.05) is 0 Å². The first kappa shape index (κ1) is 61.0. The predicted molar refractivity (Wildman–Crippen MR) is 369 cm³/mol. The number of fused-ring (bicyclic) bond motifs is 13. The molecule has 0 saturated carbocycles. The molecule has 0 bridgehead atoms. The third kappa shape index (κ3) is 11.4. The van der Waals surface area contributed by atoms with E-state index in [1.54, 1.807) is 0 Å². The number of hydrogen-bond acceptors (Lipinski definition) is 4. The quantitative estimate of drug-likeness (QED) is 0.0441. The van der Waals surface area contributed by atoms with E-state index in [1.165, 1.54) is 199 Å². The van der Waals surface area contributed by atoms with Crippen LogP contribution < -0.4 is 0 Å². The van der Waals surface area contributed by atoms with Crippen molar-refractivity contribution in [2.45, 2.75) is 231 Å². The van der Waals surface area contributed by atoms with Crippen molar-refractivity contribution >= 4 is 54.4 Å². The molecule has 0 saturated heterocycles. The van der Waals surface area contributed by atoms with Gasteiger partial charge >= 0.3 is 0 Å². The standard InChI is InChI=1S/C80H94Br2N2O2/c1-5-9-13-17-21-31-43-79(44-32-22-18-14-10-6-2)69-47-57(81)39-41-59(69)63-49-61-65(51-71(63)79)75-73-74(78(86)83(75)53-67(61)55-35-27-25-28-36-55)76-66-52-72-64(50-62(66)68(54-84(76)77(73)85)56-37-29-26-30-38-56)60-42-40-58(82)48-70(60)80(72,45-33-23-19-15-11-7-3)46-34-24-20-16-12-8-4/h25-30,35-42,47-54,77-78,85-86H,5-24,31-34,43-46H2,1-4H3. The highest BCUT2D eigenvalue weighted by Gasteiger charge is 2.53. The molecule has 0 amide bonds. The number of hydrogen-bond donors (Lipinski definition) is 2. The van der Waals surface area contributed by atoms with E-state index >= 15 is 0 Å². The fourth-order valence-corrected chi connectivity index (χ4v) is 17.3. The Hall–Kier alpha value is -5.24. The largest absolute Gasteiger partial charge is 0.369 e. The van der Waals surface area contributed by atoms with Crippen LogP contribution in [-0.2, 0) is 10.8 Å². The Bertz CT molecular complexity index is 3270. The van der Waals surface area contributed by atoms with Crippen molar-refractivity contribution in [3.8, 4) is 22.3 Å². The Balaban J connectivity index is 1.06. The van der Waals surface area contributed by atoms with Gasteiger partial charge in [0.1, 0.15) is 0 Å². The number of rotatable bonds is 30. The topological polar surface area (TPSA) is 46.9 Å². The third-order valence-corrected chi connectivity index (χ3v) is 21.9. The van der Waals surface area contributed by atoms with E-state index in [0.29, 0.717) is 0 Å². The minimum absolute atomic E-state index is 0.176. The van der Waals surface area contributed by atoms with E-state index in [4.69, 9.17) is 0 Å². The molecule has 6 heteroatoms. The van der Waals surface area contributed by atoms with Gasteiger partial charge in [-0.2, -0.15) is 0 Å². The molecular weight excluding hydrogens is 1180 g/mol. The predicted octanol–water partition coefficient (Wildman–Crippen LogP) is 22.9. The van der Waals surface area contributed by atoms with Gasteiger partial charge in [0.15, 0.2) is 12.5 Å². The van der Waals surface area contributed by atoms with E-state index in [9.17, 15) is 10.2 Å². The van der Waals surface area contributed by atoms with Gasteiger partial charge < -0.3 is 20.0 Å². The first-order valence-electron chi connectivity index (χ1n) is 34.1. The molecular formula is C80H94Br2N2O2. The molecule has 450 valence electrons. The van der Waals surface area contributed by atoms with E-state index in [0.717, 1.165) is 102 Å². The lowest BCUT2D eigenvalue weighted by molar-refractivity contribution is 0.121. The van der Waals surface area contributed by atoms with Crippen LogP contribution in [-0.4, -0.2) is 32.5 Å². The minimum Gasteiger partial charge on any atom is -0.369 e. The molecule has 2 atom stereocenters. The highest BCUT2D eigenvalue weighted by molar-refractivity contribution is 9.10. The second kappa shape index (κ2) is 27.2. The molecule has 6 aromatic rings. The average molecular weight is 1280 g/mol. The van der Waals surface area contributed by atoms with Gasteiger partial charge in [0.2, 0.25) is 0 Å². The van der Waals surface area contributed by atoms with Crippen molar-refractivity contribution in [1.82, 2.24) is 9.80 Å². The Kier molecular flexibility index (Phi) is 19.3. The summed E-state index contributed by atoms with van der Waals surface area (Å²) in [4.78, 5) is 4.30. The SMILES string of the molecule is CCCCCCCCC1(CCCCCCCC)c2cc(Br)ccc2-c2cc3c(cc21)C1=C2C(=C4c5cc6c(cc5C(c5ccccc5)=CN4C2O)-c2ccc(Br)cc2C6(CCCCCCCC)CCCCCCCC)C(O)N1C=C3c1ccccc1. The maximum absolute atomic E-state index is 13.6. The van der Waals surface area contributed by atoms with Crippen LogP contribution in [0.5, 0.6) is 0 Å². The lowest BCUT2D eigenvalue weighted by Crippen LogP contribution is -2.33. The Morgan fingerprint density at radius 1 is 0.337 bits per heavy atom. The second-order valence-corrected chi connectivity index (χ2v) is 28.2. The van der Waals surface area contributed by atoms with Crippen LogP contribution in [0.1, 0.15) is 263 Å². The molecule has 6 aliphatic rings. The zero-order valence-electron chi connectivity index (χ0n) is 52.2. The van der Waals surface area contributed by atoms with Crippen LogP contribution in [0.25, 0.3) is 44.8 Å². The van der Waals surface area contributed by atoms with Crippen molar-refractivity contribution in [3.63, 3.8) is 0 Å². The molecule has 2 aliphatic carbocycles. The highest BCUT2D eigenvalue weighted by atomic mass is 79.9. The molecule has 4 aliphatic heterocycles. The van der Waals surface area contributed by atoms with Gasteiger partial charge in [-0.05, 0) is 141 Å². The first-order valence-corrected chi connectivity index (χ1v) is 35.7. The van der Waals surface area contributed by atoms with E-state index in [2.05, 4.69) is 203 Å². The Labute approximate surface area is 533 Å². The van der Waals surface area contributed by atoms with Crippen molar-refractivity contribution in [2.75, 3.05) is 0 Å². The van der Waals surface area contributed by atoms with Gasteiger partial charge in [-0.1, -0.05) is 286 Å². The molecule has 2 unspecified atom stereocenters. The first-order chi connectivity index (χ1) is 42.2. The molecule has 0 radical (unpaired) electrons. The molecule has 0 aromatic heterocycles. The maximum Gasteiger partial charge on any atom is 0.159 e. The zero-order valence-corrected chi connectivity index (χ0v) is 55.4. The fourth-order valence-electron chi connectivity index (χ4n) is 16.5.